The number of rotatable bonds is 4. The number of aromatic carboxylic acids is 1. The minimum atomic E-state index is -1.72. The van der Waals surface area contributed by atoms with E-state index in [9.17, 15) is 23.5 Å². The third-order valence-corrected chi connectivity index (χ3v) is 6.03. The van der Waals surface area contributed by atoms with E-state index in [1.165, 1.54) is 11.1 Å². The molecule has 1 aliphatic heterocycles. The molecule has 1 unspecified atom stereocenters. The van der Waals surface area contributed by atoms with Gasteiger partial charge in [0.05, 0.1) is 34.5 Å². The quantitative estimate of drug-likeness (QED) is 0.335. The Labute approximate surface area is 193 Å². The van der Waals surface area contributed by atoms with Crippen molar-refractivity contribution in [3.8, 4) is 5.69 Å². The highest BCUT2D eigenvalue weighted by Gasteiger charge is 2.33. The molecule has 1 aliphatic rings. The van der Waals surface area contributed by atoms with Crippen LogP contribution in [0.1, 0.15) is 22.8 Å². The van der Waals surface area contributed by atoms with Gasteiger partial charge in [-0.15, -0.1) is 5.10 Å². The Bertz CT molecular complexity index is 1550. The van der Waals surface area contributed by atoms with Gasteiger partial charge in [0.2, 0.25) is 5.43 Å². The Morgan fingerprint density at radius 2 is 1.94 bits per heavy atom. The van der Waals surface area contributed by atoms with Crippen LogP contribution in [0.4, 0.5) is 28.9 Å². The summed E-state index contributed by atoms with van der Waals surface area (Å²) in [5.41, 5.74) is 1.33. The van der Waals surface area contributed by atoms with E-state index in [1.807, 2.05) is 0 Å². The first-order valence-electron chi connectivity index (χ1n) is 10.3. The first-order valence-corrected chi connectivity index (χ1v) is 10.3. The predicted octanol–water partition coefficient (Wildman–Crippen LogP) is 2.87. The summed E-state index contributed by atoms with van der Waals surface area (Å²) < 4.78 is 61.9. The number of aromatic nitrogens is 4. The fourth-order valence-electron chi connectivity index (χ4n) is 4.40. The zero-order valence-electron chi connectivity index (χ0n) is 17.8. The van der Waals surface area contributed by atoms with E-state index < -0.39 is 68.2 Å². The highest BCUT2D eigenvalue weighted by molar-refractivity contribution is 6.00. The molecule has 180 valence electrons. The fraction of sp³-hybridized carbons (Fsp3) is 0.182. The van der Waals surface area contributed by atoms with Crippen LogP contribution in [0, 0.1) is 23.3 Å². The number of carboxylic acids is 1. The molecule has 3 heterocycles. The summed E-state index contributed by atoms with van der Waals surface area (Å²) >= 11 is 0. The summed E-state index contributed by atoms with van der Waals surface area (Å²) in [4.78, 5) is 25.9. The van der Waals surface area contributed by atoms with Gasteiger partial charge in [0.15, 0.2) is 11.6 Å². The molecule has 13 heteroatoms. The molecule has 2 aromatic heterocycles. The van der Waals surface area contributed by atoms with Crippen LogP contribution in [-0.4, -0.2) is 43.7 Å². The van der Waals surface area contributed by atoms with Crippen molar-refractivity contribution in [1.29, 1.82) is 0 Å². The number of halogens is 4. The van der Waals surface area contributed by atoms with Gasteiger partial charge < -0.3 is 20.3 Å². The molecule has 1 fully saturated rings. The van der Waals surface area contributed by atoms with Gasteiger partial charge in [-0.3, -0.25) is 4.79 Å². The fourth-order valence-corrected chi connectivity index (χ4v) is 4.40. The highest BCUT2D eigenvalue weighted by Crippen LogP contribution is 2.39. The second kappa shape index (κ2) is 8.11. The SMILES string of the molecule is Nc1c(F)c(N2CCC(n3ccnn3)C2)c(F)c2c1c(=O)c(C(=O)O)cn2-c1ccc(F)cc1F. The van der Waals surface area contributed by atoms with E-state index in [0.717, 1.165) is 16.7 Å². The maximum Gasteiger partial charge on any atom is 0.341 e. The van der Waals surface area contributed by atoms with Crippen molar-refractivity contribution < 1.29 is 27.5 Å². The normalized spacial score (nSPS) is 15.8. The van der Waals surface area contributed by atoms with E-state index >= 15 is 8.78 Å². The lowest BCUT2D eigenvalue weighted by Crippen LogP contribution is -2.26. The van der Waals surface area contributed by atoms with Crippen LogP contribution in [0.15, 0.2) is 41.6 Å². The van der Waals surface area contributed by atoms with Gasteiger partial charge in [-0.2, -0.15) is 0 Å². The van der Waals surface area contributed by atoms with Crippen molar-refractivity contribution in [2.75, 3.05) is 23.7 Å². The zero-order valence-corrected chi connectivity index (χ0v) is 17.8. The number of nitrogens with two attached hydrogens (primary N) is 1. The predicted molar refractivity (Wildman–Crippen MR) is 117 cm³/mol. The smallest absolute Gasteiger partial charge is 0.341 e. The molecule has 0 amide bonds. The molecule has 0 spiro atoms. The average molecular weight is 488 g/mol. The van der Waals surface area contributed by atoms with Gasteiger partial charge in [-0.25, -0.2) is 27.0 Å². The molecule has 4 aromatic rings. The molecule has 0 saturated carbocycles. The molecular formula is C22H16F4N6O3. The zero-order chi connectivity index (χ0) is 25.0. The van der Waals surface area contributed by atoms with Crippen molar-refractivity contribution in [2.45, 2.75) is 12.5 Å². The van der Waals surface area contributed by atoms with Crippen LogP contribution in [0.25, 0.3) is 16.6 Å². The van der Waals surface area contributed by atoms with E-state index in [2.05, 4.69) is 10.3 Å². The molecule has 5 rings (SSSR count). The minimum Gasteiger partial charge on any atom is -0.477 e. The summed E-state index contributed by atoms with van der Waals surface area (Å²) in [6, 6.07) is 2.07. The Hall–Kier alpha value is -4.42. The molecule has 3 N–H and O–H groups in total. The number of carbonyl (C=O) groups is 1. The van der Waals surface area contributed by atoms with E-state index in [1.54, 1.807) is 10.9 Å². The lowest BCUT2D eigenvalue weighted by atomic mass is 10.1. The van der Waals surface area contributed by atoms with Gasteiger partial charge >= 0.3 is 5.97 Å². The second-order valence-corrected chi connectivity index (χ2v) is 8.03. The largest absolute Gasteiger partial charge is 0.477 e. The molecule has 1 saturated heterocycles. The third kappa shape index (κ3) is 3.47. The van der Waals surface area contributed by atoms with Crippen molar-refractivity contribution in [1.82, 2.24) is 19.6 Å². The lowest BCUT2D eigenvalue weighted by Gasteiger charge is -2.24. The van der Waals surface area contributed by atoms with Crippen LogP contribution >= 0.6 is 0 Å². The van der Waals surface area contributed by atoms with Gasteiger partial charge in [0.1, 0.15) is 22.9 Å². The number of hydrogen-bond donors (Lipinski definition) is 2. The monoisotopic (exact) mass is 488 g/mol. The number of nitrogen functional groups attached to an aromatic ring is 1. The molecule has 0 bridgehead atoms. The molecule has 2 aromatic carbocycles. The van der Waals surface area contributed by atoms with Crippen molar-refractivity contribution in [3.05, 3.63) is 75.8 Å². The summed E-state index contributed by atoms with van der Waals surface area (Å²) in [5.74, 6) is -6.31. The van der Waals surface area contributed by atoms with Crippen LogP contribution < -0.4 is 16.1 Å². The number of anilines is 2. The molecule has 1 atom stereocenters. The minimum absolute atomic E-state index is 0.129. The first kappa shape index (κ1) is 22.4. The van der Waals surface area contributed by atoms with Gasteiger partial charge in [0, 0.05) is 31.5 Å². The standard InChI is InChI=1S/C22H16F4N6O3/c23-10-1-2-14(13(24)7-10)31-9-12(22(34)35)21(33)15-18(27)16(25)20(17(26)19(15)31)30-5-3-11(8-30)32-6-4-28-29-32/h1-2,4,6-7,9,11H,3,5,8,27H2,(H,34,35). The Balaban J connectivity index is 1.80. The van der Waals surface area contributed by atoms with Gasteiger partial charge in [0.25, 0.3) is 0 Å². The van der Waals surface area contributed by atoms with Crippen molar-refractivity contribution >= 4 is 28.2 Å². The topological polar surface area (TPSA) is 119 Å². The molecular weight excluding hydrogens is 472 g/mol. The van der Waals surface area contributed by atoms with Crippen molar-refractivity contribution in [3.63, 3.8) is 0 Å². The van der Waals surface area contributed by atoms with E-state index in [-0.39, 0.29) is 19.1 Å². The van der Waals surface area contributed by atoms with Crippen LogP contribution in [-0.2, 0) is 0 Å². The molecule has 9 nitrogen and oxygen atoms in total. The Morgan fingerprint density at radius 1 is 1.17 bits per heavy atom. The van der Waals surface area contributed by atoms with Gasteiger partial charge in [-0.05, 0) is 18.6 Å². The van der Waals surface area contributed by atoms with Gasteiger partial charge in [-0.1, -0.05) is 5.21 Å². The number of nitrogens with zero attached hydrogens (tertiary/aromatic N) is 5. The van der Waals surface area contributed by atoms with Crippen molar-refractivity contribution in [2.24, 2.45) is 0 Å². The summed E-state index contributed by atoms with van der Waals surface area (Å²) in [6.07, 6.45) is 4.25. The number of hydrogen-bond acceptors (Lipinski definition) is 6. The van der Waals surface area contributed by atoms with E-state index in [4.69, 9.17) is 5.73 Å². The third-order valence-electron chi connectivity index (χ3n) is 6.03. The molecule has 0 aliphatic carbocycles. The number of fused-ring (bicyclic) bond motifs is 1. The van der Waals surface area contributed by atoms with Crippen LogP contribution in [0.2, 0.25) is 0 Å². The number of benzene rings is 2. The summed E-state index contributed by atoms with van der Waals surface area (Å²) in [7, 11) is 0. The maximum absolute atomic E-state index is 16.0. The van der Waals surface area contributed by atoms with Crippen LogP contribution in [0.3, 0.4) is 0 Å². The summed E-state index contributed by atoms with van der Waals surface area (Å²) in [6.45, 7) is 0.330. The average Bonchev–Trinajstić information content (AvgIpc) is 3.50. The number of pyridine rings is 1. The first-order chi connectivity index (χ1) is 16.7. The highest BCUT2D eigenvalue weighted by atomic mass is 19.1. The maximum atomic E-state index is 16.0. The van der Waals surface area contributed by atoms with Crippen LogP contribution in [0.5, 0.6) is 0 Å². The molecule has 35 heavy (non-hydrogen) atoms. The lowest BCUT2D eigenvalue weighted by molar-refractivity contribution is 0.0695. The molecule has 0 radical (unpaired) electrons. The summed E-state index contributed by atoms with van der Waals surface area (Å²) in [5, 5.41) is 16.3. The number of carboxylic acid groups (broad SMARTS) is 1. The Morgan fingerprint density at radius 3 is 2.60 bits per heavy atom. The van der Waals surface area contributed by atoms with E-state index in [0.29, 0.717) is 18.7 Å². The Kier molecular flexibility index (Phi) is 5.19. The second-order valence-electron chi connectivity index (χ2n) is 8.03.